The molecule has 0 saturated carbocycles. The summed E-state index contributed by atoms with van der Waals surface area (Å²) in [6.45, 7) is 5.66. The molecule has 0 spiro atoms. The van der Waals surface area contributed by atoms with Crippen LogP contribution in [0.1, 0.15) is 30.1 Å². The maximum atomic E-state index is 13.2. The van der Waals surface area contributed by atoms with E-state index in [0.717, 1.165) is 11.1 Å². The van der Waals surface area contributed by atoms with E-state index in [1.54, 1.807) is 25.3 Å². The molecule has 0 unspecified atom stereocenters. The Bertz CT molecular complexity index is 749. The van der Waals surface area contributed by atoms with Crippen molar-refractivity contribution in [2.75, 3.05) is 7.11 Å². The molecule has 3 nitrogen and oxygen atoms in total. The van der Waals surface area contributed by atoms with Crippen LogP contribution in [0.5, 0.6) is 0 Å². The van der Waals surface area contributed by atoms with Gasteiger partial charge in [-0.2, -0.15) is 0 Å². The molecular weight excluding hydrogens is 320 g/mol. The molecule has 2 rings (SSSR count). The standard InChI is InChI=1S/C20H24O3S/c1-4-5-11-19(20(23-3)17-9-7-6-8-10-17)24(21,22)18-14-12-16(2)13-15-18/h4,6-10,12-15,19-20H,1,5,11H2,2-3H3/t19-,20+/m0/s1. The second kappa shape index (κ2) is 8.27. The van der Waals surface area contributed by atoms with Crippen LogP contribution in [0.3, 0.4) is 0 Å². The van der Waals surface area contributed by atoms with E-state index in [1.807, 2.05) is 49.4 Å². The van der Waals surface area contributed by atoms with Gasteiger partial charge in [0.15, 0.2) is 9.84 Å². The summed E-state index contributed by atoms with van der Waals surface area (Å²) in [5.74, 6) is 0. The molecule has 0 heterocycles. The van der Waals surface area contributed by atoms with E-state index in [9.17, 15) is 8.42 Å². The number of hydrogen-bond donors (Lipinski definition) is 0. The van der Waals surface area contributed by atoms with Crippen LogP contribution >= 0.6 is 0 Å². The Kier molecular flexibility index (Phi) is 6.35. The highest BCUT2D eigenvalue weighted by atomic mass is 32.2. The molecule has 0 aliphatic heterocycles. The first-order valence-electron chi connectivity index (χ1n) is 8.00. The van der Waals surface area contributed by atoms with Gasteiger partial charge in [-0.3, -0.25) is 0 Å². The molecule has 0 aliphatic carbocycles. The third-order valence-electron chi connectivity index (χ3n) is 4.12. The van der Waals surface area contributed by atoms with E-state index in [4.69, 9.17) is 4.74 Å². The van der Waals surface area contributed by atoms with Crippen LogP contribution in [0, 0.1) is 6.92 Å². The highest BCUT2D eigenvalue weighted by Crippen LogP contribution is 2.32. The van der Waals surface area contributed by atoms with Gasteiger partial charge in [0.05, 0.1) is 16.2 Å². The quantitative estimate of drug-likeness (QED) is 0.663. The molecule has 24 heavy (non-hydrogen) atoms. The van der Waals surface area contributed by atoms with Crippen LogP contribution in [0.4, 0.5) is 0 Å². The van der Waals surface area contributed by atoms with Crippen molar-refractivity contribution >= 4 is 9.84 Å². The lowest BCUT2D eigenvalue weighted by molar-refractivity contribution is 0.0965. The average Bonchev–Trinajstić information content (AvgIpc) is 2.59. The molecule has 0 amide bonds. The fourth-order valence-electron chi connectivity index (χ4n) is 2.80. The first-order chi connectivity index (χ1) is 11.5. The van der Waals surface area contributed by atoms with E-state index < -0.39 is 21.2 Å². The Labute approximate surface area is 144 Å². The second-order valence-electron chi connectivity index (χ2n) is 5.83. The molecule has 2 aromatic carbocycles. The fourth-order valence-corrected chi connectivity index (χ4v) is 4.70. The third kappa shape index (κ3) is 4.13. The summed E-state index contributed by atoms with van der Waals surface area (Å²) in [6, 6.07) is 16.5. The van der Waals surface area contributed by atoms with Gasteiger partial charge in [-0.15, -0.1) is 6.58 Å². The minimum atomic E-state index is -3.52. The predicted octanol–water partition coefficient (Wildman–Crippen LogP) is 4.49. The lowest BCUT2D eigenvalue weighted by Crippen LogP contribution is -2.30. The van der Waals surface area contributed by atoms with Gasteiger partial charge < -0.3 is 4.74 Å². The van der Waals surface area contributed by atoms with Crippen LogP contribution in [0.15, 0.2) is 72.1 Å². The number of hydrogen-bond acceptors (Lipinski definition) is 3. The van der Waals surface area contributed by atoms with Crippen LogP contribution in [0.2, 0.25) is 0 Å². The van der Waals surface area contributed by atoms with Crippen molar-refractivity contribution in [2.24, 2.45) is 0 Å². The summed E-state index contributed by atoms with van der Waals surface area (Å²) in [5.41, 5.74) is 1.90. The predicted molar refractivity (Wildman–Crippen MR) is 97.8 cm³/mol. The largest absolute Gasteiger partial charge is 0.375 e. The van der Waals surface area contributed by atoms with Gasteiger partial charge in [0, 0.05) is 7.11 Å². The number of benzene rings is 2. The summed E-state index contributed by atoms with van der Waals surface area (Å²) in [4.78, 5) is 0.333. The zero-order chi connectivity index (χ0) is 17.6. The van der Waals surface area contributed by atoms with Crippen molar-refractivity contribution in [3.63, 3.8) is 0 Å². The Morgan fingerprint density at radius 3 is 2.25 bits per heavy atom. The Morgan fingerprint density at radius 2 is 1.71 bits per heavy atom. The van der Waals surface area contributed by atoms with Gasteiger partial charge >= 0.3 is 0 Å². The van der Waals surface area contributed by atoms with Gasteiger partial charge in [-0.05, 0) is 37.5 Å². The van der Waals surface area contributed by atoms with Gasteiger partial charge in [0.25, 0.3) is 0 Å². The molecule has 0 bridgehead atoms. The van der Waals surface area contributed by atoms with Crippen molar-refractivity contribution in [1.82, 2.24) is 0 Å². The van der Waals surface area contributed by atoms with Gasteiger partial charge in [-0.25, -0.2) is 8.42 Å². The summed E-state index contributed by atoms with van der Waals surface area (Å²) in [7, 11) is -1.96. The molecule has 0 saturated heterocycles. The van der Waals surface area contributed by atoms with Crippen molar-refractivity contribution < 1.29 is 13.2 Å². The SMILES string of the molecule is C=CCC[C@@H]([C@H](OC)c1ccccc1)S(=O)(=O)c1ccc(C)cc1. The minimum Gasteiger partial charge on any atom is -0.375 e. The minimum absolute atomic E-state index is 0.333. The van der Waals surface area contributed by atoms with Crippen LogP contribution in [-0.2, 0) is 14.6 Å². The van der Waals surface area contributed by atoms with Gasteiger partial charge in [0.1, 0.15) is 0 Å². The second-order valence-corrected chi connectivity index (χ2v) is 8.00. The highest BCUT2D eigenvalue weighted by molar-refractivity contribution is 7.92. The zero-order valence-electron chi connectivity index (χ0n) is 14.2. The molecule has 128 valence electrons. The lowest BCUT2D eigenvalue weighted by atomic mass is 10.0. The highest BCUT2D eigenvalue weighted by Gasteiger charge is 2.35. The van der Waals surface area contributed by atoms with E-state index in [2.05, 4.69) is 6.58 Å². The van der Waals surface area contributed by atoms with Crippen LogP contribution < -0.4 is 0 Å². The van der Waals surface area contributed by atoms with Crippen LogP contribution in [-0.4, -0.2) is 20.8 Å². The van der Waals surface area contributed by atoms with Crippen molar-refractivity contribution in [3.8, 4) is 0 Å². The van der Waals surface area contributed by atoms with Gasteiger partial charge in [-0.1, -0.05) is 54.1 Å². The Morgan fingerprint density at radius 1 is 1.08 bits per heavy atom. The maximum absolute atomic E-state index is 13.2. The van der Waals surface area contributed by atoms with Crippen molar-refractivity contribution in [3.05, 3.63) is 78.4 Å². The summed E-state index contributed by atoms with van der Waals surface area (Å²) >= 11 is 0. The van der Waals surface area contributed by atoms with E-state index in [0.29, 0.717) is 17.7 Å². The van der Waals surface area contributed by atoms with Crippen molar-refractivity contribution in [2.45, 2.75) is 36.0 Å². The molecule has 0 aliphatic rings. The van der Waals surface area contributed by atoms with E-state index in [1.165, 1.54) is 0 Å². The normalized spacial score (nSPS) is 14.1. The smallest absolute Gasteiger partial charge is 0.184 e. The molecule has 0 aromatic heterocycles. The summed E-state index contributed by atoms with van der Waals surface area (Å²) in [5, 5.41) is -0.661. The zero-order valence-corrected chi connectivity index (χ0v) is 15.0. The number of ether oxygens (including phenoxy) is 1. The average molecular weight is 344 g/mol. The number of allylic oxidation sites excluding steroid dienone is 1. The molecule has 0 fully saturated rings. The monoisotopic (exact) mass is 344 g/mol. The van der Waals surface area contributed by atoms with E-state index >= 15 is 0 Å². The maximum Gasteiger partial charge on any atom is 0.184 e. The summed E-state index contributed by atoms with van der Waals surface area (Å²) in [6.07, 6.45) is 2.31. The molecule has 4 heteroatoms. The van der Waals surface area contributed by atoms with E-state index in [-0.39, 0.29) is 0 Å². The first kappa shape index (κ1) is 18.4. The third-order valence-corrected chi connectivity index (χ3v) is 6.33. The number of methoxy groups -OCH3 is 1. The number of rotatable bonds is 8. The van der Waals surface area contributed by atoms with Crippen molar-refractivity contribution in [1.29, 1.82) is 0 Å². The number of aryl methyl sites for hydroxylation is 1. The molecule has 0 N–H and O–H groups in total. The first-order valence-corrected chi connectivity index (χ1v) is 9.54. The summed E-state index contributed by atoms with van der Waals surface area (Å²) < 4.78 is 32.0. The van der Waals surface area contributed by atoms with Gasteiger partial charge in [0.2, 0.25) is 0 Å². The Balaban J connectivity index is 2.46. The van der Waals surface area contributed by atoms with Crippen LogP contribution in [0.25, 0.3) is 0 Å². The fraction of sp³-hybridized carbons (Fsp3) is 0.300. The molecule has 0 radical (unpaired) electrons. The number of sulfone groups is 1. The Hall–Kier alpha value is -1.91. The molecular formula is C20H24O3S. The molecule has 2 aromatic rings. The lowest BCUT2D eigenvalue weighted by Gasteiger charge is -2.26. The molecule has 2 atom stereocenters. The topological polar surface area (TPSA) is 43.4 Å².